The summed E-state index contributed by atoms with van der Waals surface area (Å²) in [6, 6.07) is 4.29. The molecule has 2 rings (SSSR count). The van der Waals surface area contributed by atoms with Crippen LogP contribution < -0.4 is 5.32 Å². The van der Waals surface area contributed by atoms with Gasteiger partial charge in [-0.1, -0.05) is 0 Å². The summed E-state index contributed by atoms with van der Waals surface area (Å²) in [6.45, 7) is 8.55. The summed E-state index contributed by atoms with van der Waals surface area (Å²) in [7, 11) is 0. The second-order valence-electron chi connectivity index (χ2n) is 6.54. The van der Waals surface area contributed by atoms with Gasteiger partial charge in [-0.3, -0.25) is 4.98 Å². The number of carbonyl (C=O) groups is 1. The monoisotopic (exact) mass is 291 g/mol. The van der Waals surface area contributed by atoms with Crippen LogP contribution in [0.15, 0.2) is 24.5 Å². The van der Waals surface area contributed by atoms with Crippen molar-refractivity contribution in [2.75, 3.05) is 19.6 Å². The Morgan fingerprint density at radius 2 is 2.14 bits per heavy atom. The summed E-state index contributed by atoms with van der Waals surface area (Å²) in [6.07, 6.45) is 5.33. The molecule has 0 spiro atoms. The summed E-state index contributed by atoms with van der Waals surface area (Å²) in [5.41, 5.74) is 0.859. The number of carbonyl (C=O) groups excluding carboxylic acids is 1. The molecule has 1 aliphatic rings. The zero-order valence-corrected chi connectivity index (χ0v) is 13.1. The van der Waals surface area contributed by atoms with E-state index < -0.39 is 5.60 Å². The minimum absolute atomic E-state index is 0.192. The van der Waals surface area contributed by atoms with Crippen LogP contribution >= 0.6 is 0 Å². The lowest BCUT2D eigenvalue weighted by Gasteiger charge is -2.22. The van der Waals surface area contributed by atoms with E-state index in [0.717, 1.165) is 32.5 Å². The normalized spacial score (nSPS) is 19.5. The predicted octanol–water partition coefficient (Wildman–Crippen LogP) is 2.22. The SMILES string of the molecule is CC(C)(C)OC(=O)NC1CCN(CCc2ccncc2)C1. The summed E-state index contributed by atoms with van der Waals surface area (Å²) >= 11 is 0. The molecular weight excluding hydrogens is 266 g/mol. The number of likely N-dealkylation sites (tertiary alicyclic amines) is 1. The largest absolute Gasteiger partial charge is 0.444 e. The number of amides is 1. The van der Waals surface area contributed by atoms with Crippen LogP contribution in [0.4, 0.5) is 4.79 Å². The number of aromatic nitrogens is 1. The van der Waals surface area contributed by atoms with Crippen molar-refractivity contribution in [3.63, 3.8) is 0 Å². The van der Waals surface area contributed by atoms with Gasteiger partial charge in [-0.2, -0.15) is 0 Å². The second kappa shape index (κ2) is 6.89. The van der Waals surface area contributed by atoms with E-state index in [-0.39, 0.29) is 12.1 Å². The number of nitrogens with zero attached hydrogens (tertiary/aromatic N) is 2. The van der Waals surface area contributed by atoms with Crippen LogP contribution in [-0.2, 0) is 11.2 Å². The Morgan fingerprint density at radius 1 is 1.43 bits per heavy atom. The molecule has 5 heteroatoms. The van der Waals surface area contributed by atoms with Crippen molar-refractivity contribution in [2.45, 2.75) is 45.3 Å². The Bertz CT molecular complexity index is 456. The maximum atomic E-state index is 11.7. The third-order valence-corrected chi connectivity index (χ3v) is 3.46. The van der Waals surface area contributed by atoms with E-state index in [0.29, 0.717) is 0 Å². The Labute approximate surface area is 126 Å². The molecule has 2 heterocycles. The van der Waals surface area contributed by atoms with Crippen LogP contribution in [0.25, 0.3) is 0 Å². The van der Waals surface area contributed by atoms with E-state index in [2.05, 4.69) is 15.2 Å². The molecule has 1 aromatic rings. The number of rotatable bonds is 4. The molecule has 1 N–H and O–H groups in total. The minimum Gasteiger partial charge on any atom is -0.444 e. The Hall–Kier alpha value is -1.62. The lowest BCUT2D eigenvalue weighted by atomic mass is 10.2. The molecule has 1 atom stereocenters. The fourth-order valence-electron chi connectivity index (χ4n) is 2.46. The van der Waals surface area contributed by atoms with Crippen molar-refractivity contribution >= 4 is 6.09 Å². The highest BCUT2D eigenvalue weighted by molar-refractivity contribution is 5.68. The predicted molar refractivity (Wildman–Crippen MR) is 82.2 cm³/mol. The summed E-state index contributed by atoms with van der Waals surface area (Å²) in [5.74, 6) is 0. The molecule has 1 aromatic heterocycles. The van der Waals surface area contributed by atoms with Crippen molar-refractivity contribution < 1.29 is 9.53 Å². The first-order valence-electron chi connectivity index (χ1n) is 7.53. The fourth-order valence-corrected chi connectivity index (χ4v) is 2.46. The van der Waals surface area contributed by atoms with E-state index in [1.807, 2.05) is 45.3 Å². The van der Waals surface area contributed by atoms with Crippen molar-refractivity contribution in [2.24, 2.45) is 0 Å². The molecule has 0 saturated carbocycles. The zero-order valence-electron chi connectivity index (χ0n) is 13.1. The fraction of sp³-hybridized carbons (Fsp3) is 0.625. The zero-order chi connectivity index (χ0) is 15.3. The highest BCUT2D eigenvalue weighted by Crippen LogP contribution is 2.12. The van der Waals surface area contributed by atoms with Gasteiger partial charge in [0.25, 0.3) is 0 Å². The molecule has 116 valence electrons. The van der Waals surface area contributed by atoms with Crippen LogP contribution in [0.1, 0.15) is 32.8 Å². The highest BCUT2D eigenvalue weighted by Gasteiger charge is 2.25. The molecule has 1 aliphatic heterocycles. The lowest BCUT2D eigenvalue weighted by Crippen LogP contribution is -2.40. The van der Waals surface area contributed by atoms with Gasteiger partial charge in [0.15, 0.2) is 0 Å². The molecule has 1 fully saturated rings. The first-order chi connectivity index (χ1) is 9.92. The first kappa shape index (κ1) is 15.8. The number of ether oxygens (including phenoxy) is 1. The van der Waals surface area contributed by atoms with E-state index >= 15 is 0 Å². The Balaban J connectivity index is 1.70. The molecule has 0 aliphatic carbocycles. The number of pyridine rings is 1. The Morgan fingerprint density at radius 3 is 2.81 bits per heavy atom. The standard InChI is InChI=1S/C16H25N3O2/c1-16(2,3)21-15(20)18-14-7-11-19(12-14)10-6-13-4-8-17-9-5-13/h4-5,8-9,14H,6-7,10-12H2,1-3H3,(H,18,20). The van der Waals surface area contributed by atoms with E-state index in [1.54, 1.807) is 0 Å². The van der Waals surface area contributed by atoms with Crippen LogP contribution in [0.2, 0.25) is 0 Å². The maximum absolute atomic E-state index is 11.7. The van der Waals surface area contributed by atoms with Crippen molar-refractivity contribution in [3.8, 4) is 0 Å². The van der Waals surface area contributed by atoms with E-state index in [4.69, 9.17) is 4.74 Å². The smallest absolute Gasteiger partial charge is 0.407 e. The number of hydrogen-bond donors (Lipinski definition) is 1. The van der Waals surface area contributed by atoms with Gasteiger partial charge in [-0.15, -0.1) is 0 Å². The average molecular weight is 291 g/mol. The summed E-state index contributed by atoms with van der Waals surface area (Å²) in [4.78, 5) is 18.1. The van der Waals surface area contributed by atoms with E-state index in [9.17, 15) is 4.79 Å². The van der Waals surface area contributed by atoms with Crippen molar-refractivity contribution in [1.29, 1.82) is 0 Å². The average Bonchev–Trinajstić information content (AvgIpc) is 2.83. The van der Waals surface area contributed by atoms with Crippen molar-refractivity contribution in [1.82, 2.24) is 15.2 Å². The number of hydrogen-bond acceptors (Lipinski definition) is 4. The highest BCUT2D eigenvalue weighted by atomic mass is 16.6. The molecule has 1 saturated heterocycles. The van der Waals surface area contributed by atoms with Crippen LogP contribution in [0.5, 0.6) is 0 Å². The van der Waals surface area contributed by atoms with Gasteiger partial charge in [0.05, 0.1) is 0 Å². The Kier molecular flexibility index (Phi) is 5.17. The van der Waals surface area contributed by atoms with Gasteiger partial charge in [-0.25, -0.2) is 4.79 Å². The third-order valence-electron chi connectivity index (χ3n) is 3.46. The molecule has 1 amide bonds. The van der Waals surface area contributed by atoms with Gasteiger partial charge in [0, 0.05) is 38.1 Å². The third kappa shape index (κ3) is 5.71. The summed E-state index contributed by atoms with van der Waals surface area (Å²) < 4.78 is 5.29. The van der Waals surface area contributed by atoms with Gasteiger partial charge in [-0.05, 0) is 51.3 Å². The van der Waals surface area contributed by atoms with Crippen molar-refractivity contribution in [3.05, 3.63) is 30.1 Å². The summed E-state index contributed by atoms with van der Waals surface area (Å²) in [5, 5.41) is 2.95. The lowest BCUT2D eigenvalue weighted by molar-refractivity contribution is 0.0506. The number of alkyl carbamates (subject to hydrolysis) is 1. The van der Waals surface area contributed by atoms with Crippen LogP contribution in [-0.4, -0.2) is 47.3 Å². The molecule has 5 nitrogen and oxygen atoms in total. The van der Waals surface area contributed by atoms with Gasteiger partial charge in [0.2, 0.25) is 0 Å². The van der Waals surface area contributed by atoms with E-state index in [1.165, 1.54) is 5.56 Å². The molecule has 0 radical (unpaired) electrons. The quantitative estimate of drug-likeness (QED) is 0.924. The van der Waals surface area contributed by atoms with Crippen LogP contribution in [0, 0.1) is 0 Å². The van der Waals surface area contributed by atoms with Crippen LogP contribution in [0.3, 0.4) is 0 Å². The molecular formula is C16H25N3O2. The van der Waals surface area contributed by atoms with Gasteiger partial charge in [0.1, 0.15) is 5.60 Å². The second-order valence-corrected chi connectivity index (χ2v) is 6.54. The molecule has 1 unspecified atom stereocenters. The minimum atomic E-state index is -0.441. The first-order valence-corrected chi connectivity index (χ1v) is 7.53. The topological polar surface area (TPSA) is 54.5 Å². The van der Waals surface area contributed by atoms with Gasteiger partial charge >= 0.3 is 6.09 Å². The van der Waals surface area contributed by atoms with Gasteiger partial charge < -0.3 is 15.0 Å². The molecule has 0 bridgehead atoms. The maximum Gasteiger partial charge on any atom is 0.407 e. The molecule has 21 heavy (non-hydrogen) atoms. The number of nitrogens with one attached hydrogen (secondary N) is 1. The molecule has 0 aromatic carbocycles.